The predicted molar refractivity (Wildman–Crippen MR) is 91.7 cm³/mol. The molecule has 130 valence electrons. The number of hydrogen-bond donors (Lipinski definition) is 1. The maximum atomic E-state index is 12.8. The maximum Gasteiger partial charge on any atom is 0.573 e. The smallest absolute Gasteiger partial charge is 0.406 e. The molecule has 3 rings (SSSR count). The van der Waals surface area contributed by atoms with E-state index in [4.69, 9.17) is 11.6 Å². The first-order valence-corrected chi connectivity index (χ1v) is 7.98. The first-order valence-electron chi connectivity index (χ1n) is 6.97. The fourth-order valence-electron chi connectivity index (χ4n) is 2.40. The molecular formula is C16H10ClF3N2O2S. The Labute approximate surface area is 150 Å². The number of thiol groups is 1. The van der Waals surface area contributed by atoms with Gasteiger partial charge in [-0.15, -0.1) is 13.2 Å². The van der Waals surface area contributed by atoms with E-state index in [0.29, 0.717) is 17.0 Å². The molecule has 0 saturated heterocycles. The molecule has 3 aromatic rings. The number of nitrogens with zero attached hydrogens (tertiary/aromatic N) is 2. The van der Waals surface area contributed by atoms with Gasteiger partial charge in [0, 0.05) is 5.75 Å². The van der Waals surface area contributed by atoms with Crippen LogP contribution in [0.3, 0.4) is 0 Å². The molecule has 0 amide bonds. The highest BCUT2D eigenvalue weighted by Crippen LogP contribution is 2.25. The Morgan fingerprint density at radius 3 is 2.44 bits per heavy atom. The van der Waals surface area contributed by atoms with Crippen molar-refractivity contribution in [1.82, 2.24) is 9.55 Å². The summed E-state index contributed by atoms with van der Waals surface area (Å²) in [6.07, 6.45) is -4.79. The van der Waals surface area contributed by atoms with Gasteiger partial charge in [-0.25, -0.2) is 4.98 Å². The van der Waals surface area contributed by atoms with Crippen molar-refractivity contribution in [3.8, 4) is 11.4 Å². The average molecular weight is 387 g/mol. The van der Waals surface area contributed by atoms with Crippen molar-refractivity contribution < 1.29 is 17.9 Å². The third kappa shape index (κ3) is 3.59. The number of fused-ring (bicyclic) bond motifs is 1. The van der Waals surface area contributed by atoms with E-state index >= 15 is 0 Å². The van der Waals surface area contributed by atoms with Gasteiger partial charge in [0.15, 0.2) is 0 Å². The molecular weight excluding hydrogens is 377 g/mol. The van der Waals surface area contributed by atoms with Crippen LogP contribution in [0.25, 0.3) is 16.6 Å². The van der Waals surface area contributed by atoms with Gasteiger partial charge in [0.05, 0.1) is 21.6 Å². The van der Waals surface area contributed by atoms with Gasteiger partial charge in [-0.3, -0.25) is 9.36 Å². The third-order valence-electron chi connectivity index (χ3n) is 3.39. The summed E-state index contributed by atoms with van der Waals surface area (Å²) in [4.78, 5) is 17.2. The Morgan fingerprint density at radius 2 is 1.84 bits per heavy atom. The van der Waals surface area contributed by atoms with Crippen LogP contribution >= 0.6 is 24.2 Å². The van der Waals surface area contributed by atoms with Crippen molar-refractivity contribution in [2.45, 2.75) is 12.1 Å². The molecule has 2 aromatic carbocycles. The van der Waals surface area contributed by atoms with Crippen LogP contribution in [-0.4, -0.2) is 15.9 Å². The molecule has 0 fully saturated rings. The minimum absolute atomic E-state index is 0.151. The second kappa shape index (κ2) is 6.61. The summed E-state index contributed by atoms with van der Waals surface area (Å²) in [5.41, 5.74) is 0.330. The van der Waals surface area contributed by atoms with Gasteiger partial charge in [-0.05, 0) is 36.4 Å². The topological polar surface area (TPSA) is 44.1 Å². The summed E-state index contributed by atoms with van der Waals surface area (Å²) < 4.78 is 41.9. The van der Waals surface area contributed by atoms with E-state index in [1.165, 1.54) is 16.7 Å². The van der Waals surface area contributed by atoms with Gasteiger partial charge in [-0.2, -0.15) is 12.6 Å². The summed E-state index contributed by atoms with van der Waals surface area (Å²) in [7, 11) is 0. The van der Waals surface area contributed by atoms with Crippen LogP contribution in [0.1, 0.15) is 5.82 Å². The standard InChI is InChI=1S/C16H10ClF3N2O2S/c17-11-2-1-3-12-14(11)15(23)22(13(8-25)21-12)9-4-6-10(7-5-9)24-16(18,19)20/h1-7,25H,8H2. The SMILES string of the molecule is O=c1c2c(Cl)cccc2nc(CS)n1-c1ccc(OC(F)(F)F)cc1. The molecule has 1 heterocycles. The zero-order chi connectivity index (χ0) is 18.2. The first kappa shape index (κ1) is 17.6. The van der Waals surface area contributed by atoms with Crippen LogP contribution in [0.2, 0.25) is 5.02 Å². The summed E-state index contributed by atoms with van der Waals surface area (Å²) in [6, 6.07) is 9.80. The van der Waals surface area contributed by atoms with Crippen LogP contribution in [0.15, 0.2) is 47.3 Å². The van der Waals surface area contributed by atoms with E-state index in [2.05, 4.69) is 22.3 Å². The number of alkyl halides is 3. The molecule has 25 heavy (non-hydrogen) atoms. The highest BCUT2D eigenvalue weighted by atomic mass is 35.5. The number of halogens is 4. The second-order valence-electron chi connectivity index (χ2n) is 5.00. The van der Waals surface area contributed by atoms with Crippen molar-refractivity contribution >= 4 is 35.1 Å². The van der Waals surface area contributed by atoms with E-state index in [0.717, 1.165) is 12.1 Å². The van der Waals surface area contributed by atoms with Crippen molar-refractivity contribution in [1.29, 1.82) is 0 Å². The Bertz CT molecular complexity index is 988. The number of hydrogen-bond acceptors (Lipinski definition) is 4. The van der Waals surface area contributed by atoms with Crippen molar-refractivity contribution in [2.75, 3.05) is 0 Å². The summed E-state index contributed by atoms with van der Waals surface area (Å²) in [5, 5.41) is 0.469. The van der Waals surface area contributed by atoms with Crippen LogP contribution in [-0.2, 0) is 5.75 Å². The lowest BCUT2D eigenvalue weighted by molar-refractivity contribution is -0.274. The first-order chi connectivity index (χ1) is 11.8. The molecule has 0 bridgehead atoms. The highest BCUT2D eigenvalue weighted by molar-refractivity contribution is 7.79. The highest BCUT2D eigenvalue weighted by Gasteiger charge is 2.31. The molecule has 1 aromatic heterocycles. The second-order valence-corrected chi connectivity index (χ2v) is 5.73. The van der Waals surface area contributed by atoms with E-state index < -0.39 is 11.9 Å². The number of benzene rings is 2. The van der Waals surface area contributed by atoms with Crippen molar-refractivity contribution in [2.24, 2.45) is 0 Å². The molecule has 0 saturated carbocycles. The van der Waals surface area contributed by atoms with E-state index in [1.807, 2.05) is 0 Å². The molecule has 0 aliphatic carbocycles. The zero-order valence-electron chi connectivity index (χ0n) is 12.4. The lowest BCUT2D eigenvalue weighted by atomic mass is 10.2. The quantitative estimate of drug-likeness (QED) is 0.680. The summed E-state index contributed by atoms with van der Waals surface area (Å²) in [6.45, 7) is 0. The minimum atomic E-state index is -4.79. The summed E-state index contributed by atoms with van der Waals surface area (Å²) in [5.74, 6) is 0.106. The van der Waals surface area contributed by atoms with Crippen LogP contribution in [0.4, 0.5) is 13.2 Å². The monoisotopic (exact) mass is 386 g/mol. The normalized spacial score (nSPS) is 11.7. The molecule has 4 nitrogen and oxygen atoms in total. The molecule has 0 atom stereocenters. The predicted octanol–water partition coefficient (Wildman–Crippen LogP) is 4.37. The Hall–Kier alpha value is -2.19. The number of ether oxygens (including phenoxy) is 1. The van der Waals surface area contributed by atoms with Crippen LogP contribution < -0.4 is 10.3 Å². The van der Waals surface area contributed by atoms with Crippen LogP contribution in [0.5, 0.6) is 5.75 Å². The fraction of sp³-hybridized carbons (Fsp3) is 0.125. The Kier molecular flexibility index (Phi) is 4.66. The van der Waals surface area contributed by atoms with Gasteiger partial charge in [0.1, 0.15) is 11.6 Å². The van der Waals surface area contributed by atoms with Gasteiger partial charge in [-0.1, -0.05) is 17.7 Å². The fourth-order valence-corrected chi connectivity index (χ4v) is 2.87. The van der Waals surface area contributed by atoms with Gasteiger partial charge >= 0.3 is 6.36 Å². The molecule has 0 N–H and O–H groups in total. The van der Waals surface area contributed by atoms with E-state index in [-0.39, 0.29) is 21.9 Å². The molecule has 0 aliphatic heterocycles. The van der Waals surface area contributed by atoms with E-state index in [1.54, 1.807) is 18.2 Å². The third-order valence-corrected chi connectivity index (χ3v) is 3.98. The van der Waals surface area contributed by atoms with Gasteiger partial charge in [0.25, 0.3) is 5.56 Å². The van der Waals surface area contributed by atoms with E-state index in [9.17, 15) is 18.0 Å². The van der Waals surface area contributed by atoms with Crippen LogP contribution in [0, 0.1) is 0 Å². The average Bonchev–Trinajstić information content (AvgIpc) is 2.54. The molecule has 0 spiro atoms. The molecule has 0 aliphatic rings. The lowest BCUT2D eigenvalue weighted by Gasteiger charge is -2.14. The maximum absolute atomic E-state index is 12.8. The van der Waals surface area contributed by atoms with Crippen molar-refractivity contribution in [3.05, 3.63) is 63.7 Å². The Morgan fingerprint density at radius 1 is 1.16 bits per heavy atom. The largest absolute Gasteiger partial charge is 0.573 e. The zero-order valence-corrected chi connectivity index (χ0v) is 14.1. The number of rotatable bonds is 3. The summed E-state index contributed by atoms with van der Waals surface area (Å²) >= 11 is 10.3. The molecule has 0 radical (unpaired) electrons. The van der Waals surface area contributed by atoms with Gasteiger partial charge < -0.3 is 4.74 Å². The molecule has 9 heteroatoms. The lowest BCUT2D eigenvalue weighted by Crippen LogP contribution is -2.23. The Balaban J connectivity index is 2.16. The minimum Gasteiger partial charge on any atom is -0.406 e. The number of aromatic nitrogens is 2. The molecule has 0 unspecified atom stereocenters. The van der Waals surface area contributed by atoms with Gasteiger partial charge in [0.2, 0.25) is 0 Å². The van der Waals surface area contributed by atoms with Crippen molar-refractivity contribution in [3.63, 3.8) is 0 Å².